The van der Waals surface area contributed by atoms with Gasteiger partial charge in [-0.05, 0) is 51.1 Å². The summed E-state index contributed by atoms with van der Waals surface area (Å²) in [7, 11) is 3.68. The summed E-state index contributed by atoms with van der Waals surface area (Å²) in [4.78, 5) is 0. The van der Waals surface area contributed by atoms with Crippen LogP contribution in [-0.4, -0.2) is 19.7 Å². The van der Waals surface area contributed by atoms with E-state index in [2.05, 4.69) is 41.2 Å². The molecule has 2 nitrogen and oxygen atoms in total. The first-order valence-electron chi connectivity index (χ1n) is 5.00. The van der Waals surface area contributed by atoms with Crippen molar-refractivity contribution in [1.29, 1.82) is 0 Å². The van der Waals surface area contributed by atoms with E-state index < -0.39 is 0 Å². The number of methoxy groups -OCH3 is 1. The van der Waals surface area contributed by atoms with Gasteiger partial charge in [-0.15, -0.1) is 0 Å². The maximum Gasteiger partial charge on any atom is 0.122 e. The van der Waals surface area contributed by atoms with Crippen LogP contribution >= 0.6 is 15.9 Å². The fourth-order valence-corrected chi connectivity index (χ4v) is 1.86. The number of hydrogen-bond acceptors (Lipinski definition) is 2. The number of hydrogen-bond donors (Lipinski definition) is 1. The molecule has 1 aromatic rings. The second kappa shape index (κ2) is 4.99. The van der Waals surface area contributed by atoms with Crippen molar-refractivity contribution < 1.29 is 4.74 Å². The number of benzene rings is 1. The first kappa shape index (κ1) is 12.5. The van der Waals surface area contributed by atoms with Crippen molar-refractivity contribution >= 4 is 15.9 Å². The number of nitrogens with one attached hydrogen (secondary N) is 1. The molecular formula is C12H18BrNO. The van der Waals surface area contributed by atoms with Crippen LogP contribution in [0.25, 0.3) is 0 Å². The molecule has 1 rings (SSSR count). The molecule has 0 aliphatic heterocycles. The molecule has 0 spiro atoms. The molecule has 0 aliphatic rings. The van der Waals surface area contributed by atoms with E-state index in [1.807, 2.05) is 19.2 Å². The highest BCUT2D eigenvalue weighted by molar-refractivity contribution is 9.10. The van der Waals surface area contributed by atoms with Crippen molar-refractivity contribution in [3.63, 3.8) is 0 Å². The van der Waals surface area contributed by atoms with Crippen molar-refractivity contribution in [3.05, 3.63) is 28.2 Å². The molecule has 15 heavy (non-hydrogen) atoms. The Morgan fingerprint density at radius 2 is 2.07 bits per heavy atom. The predicted octanol–water partition coefficient (Wildman–Crippen LogP) is 3.00. The van der Waals surface area contributed by atoms with Crippen LogP contribution in [0.15, 0.2) is 22.7 Å². The smallest absolute Gasteiger partial charge is 0.122 e. The van der Waals surface area contributed by atoms with Gasteiger partial charge in [0.05, 0.1) is 7.11 Å². The Hall–Kier alpha value is -0.540. The first-order valence-corrected chi connectivity index (χ1v) is 5.79. The van der Waals surface area contributed by atoms with Crippen LogP contribution in [-0.2, 0) is 6.42 Å². The third kappa shape index (κ3) is 3.50. The highest BCUT2D eigenvalue weighted by atomic mass is 79.9. The summed E-state index contributed by atoms with van der Waals surface area (Å²) in [6.07, 6.45) is 0.937. The Kier molecular flexibility index (Phi) is 4.17. The van der Waals surface area contributed by atoms with Crippen LogP contribution in [0, 0.1) is 0 Å². The lowest BCUT2D eigenvalue weighted by atomic mass is 9.95. The highest BCUT2D eigenvalue weighted by Gasteiger charge is 2.17. The van der Waals surface area contributed by atoms with E-state index in [-0.39, 0.29) is 5.54 Å². The lowest BCUT2D eigenvalue weighted by molar-refractivity contribution is 0.386. The molecular weight excluding hydrogens is 254 g/mol. The average Bonchev–Trinajstić information content (AvgIpc) is 2.18. The predicted molar refractivity (Wildman–Crippen MR) is 67.5 cm³/mol. The Morgan fingerprint density at radius 3 is 2.60 bits per heavy atom. The average molecular weight is 272 g/mol. The zero-order valence-corrected chi connectivity index (χ0v) is 11.3. The number of halogens is 1. The van der Waals surface area contributed by atoms with Gasteiger partial charge in [0, 0.05) is 10.0 Å². The maximum atomic E-state index is 5.34. The van der Waals surface area contributed by atoms with Crippen LogP contribution in [0.3, 0.4) is 0 Å². The van der Waals surface area contributed by atoms with Crippen molar-refractivity contribution in [2.24, 2.45) is 0 Å². The molecule has 0 unspecified atom stereocenters. The van der Waals surface area contributed by atoms with Gasteiger partial charge in [0.15, 0.2) is 0 Å². The van der Waals surface area contributed by atoms with E-state index in [4.69, 9.17) is 4.74 Å². The Labute approximate surface area is 100 Å². The fraction of sp³-hybridized carbons (Fsp3) is 0.500. The van der Waals surface area contributed by atoms with E-state index in [1.165, 1.54) is 5.56 Å². The SMILES string of the molecule is CNC(C)(C)Cc1cc(Br)ccc1OC. The summed E-state index contributed by atoms with van der Waals surface area (Å²) in [5.41, 5.74) is 1.29. The van der Waals surface area contributed by atoms with Gasteiger partial charge in [-0.25, -0.2) is 0 Å². The number of likely N-dealkylation sites (N-methyl/N-ethyl adjacent to an activating group) is 1. The summed E-state index contributed by atoms with van der Waals surface area (Å²) >= 11 is 3.48. The van der Waals surface area contributed by atoms with Gasteiger partial charge in [0.25, 0.3) is 0 Å². The lowest BCUT2D eigenvalue weighted by Crippen LogP contribution is -2.38. The monoisotopic (exact) mass is 271 g/mol. The van der Waals surface area contributed by atoms with Crippen LogP contribution in [0.5, 0.6) is 5.75 Å². The summed E-state index contributed by atoms with van der Waals surface area (Å²) in [6, 6.07) is 6.10. The molecule has 0 aliphatic carbocycles. The van der Waals surface area contributed by atoms with E-state index in [1.54, 1.807) is 7.11 Å². The summed E-state index contributed by atoms with van der Waals surface area (Å²) in [5.74, 6) is 0.946. The largest absolute Gasteiger partial charge is 0.496 e. The van der Waals surface area contributed by atoms with Crippen LogP contribution < -0.4 is 10.1 Å². The molecule has 84 valence electrons. The Morgan fingerprint density at radius 1 is 1.40 bits per heavy atom. The summed E-state index contributed by atoms with van der Waals surface area (Å²) in [6.45, 7) is 4.35. The third-order valence-corrected chi connectivity index (χ3v) is 3.04. The standard InChI is InChI=1S/C12H18BrNO/c1-12(2,14-3)8-9-7-10(13)5-6-11(9)15-4/h5-7,14H,8H2,1-4H3. The quantitative estimate of drug-likeness (QED) is 0.909. The molecule has 0 fully saturated rings. The highest BCUT2D eigenvalue weighted by Crippen LogP contribution is 2.26. The van der Waals surface area contributed by atoms with Gasteiger partial charge >= 0.3 is 0 Å². The van der Waals surface area contributed by atoms with Crippen LogP contribution in [0.2, 0.25) is 0 Å². The Bertz CT molecular complexity index is 336. The first-order chi connectivity index (χ1) is 6.98. The molecule has 1 aromatic carbocycles. The normalized spacial score (nSPS) is 11.5. The minimum Gasteiger partial charge on any atom is -0.496 e. The molecule has 0 radical (unpaired) electrons. The summed E-state index contributed by atoms with van der Waals surface area (Å²) in [5, 5.41) is 3.29. The molecule has 0 saturated heterocycles. The fourth-order valence-electron chi connectivity index (χ4n) is 1.45. The molecule has 0 atom stereocenters. The molecule has 0 aromatic heterocycles. The molecule has 3 heteroatoms. The zero-order valence-electron chi connectivity index (χ0n) is 9.73. The lowest BCUT2D eigenvalue weighted by Gasteiger charge is -2.25. The molecule has 0 amide bonds. The van der Waals surface area contributed by atoms with Gasteiger partial charge in [0.2, 0.25) is 0 Å². The molecule has 0 heterocycles. The third-order valence-electron chi connectivity index (χ3n) is 2.55. The van der Waals surface area contributed by atoms with Gasteiger partial charge < -0.3 is 10.1 Å². The minimum atomic E-state index is 0.0775. The van der Waals surface area contributed by atoms with Gasteiger partial charge in [-0.3, -0.25) is 0 Å². The number of rotatable bonds is 4. The van der Waals surface area contributed by atoms with Gasteiger partial charge in [0.1, 0.15) is 5.75 Å². The van der Waals surface area contributed by atoms with Gasteiger partial charge in [-0.2, -0.15) is 0 Å². The van der Waals surface area contributed by atoms with Crippen molar-refractivity contribution in [3.8, 4) is 5.75 Å². The molecule has 0 saturated carbocycles. The maximum absolute atomic E-state index is 5.34. The topological polar surface area (TPSA) is 21.3 Å². The molecule has 0 bridgehead atoms. The van der Waals surface area contributed by atoms with Crippen molar-refractivity contribution in [2.45, 2.75) is 25.8 Å². The summed E-state index contributed by atoms with van der Waals surface area (Å²) < 4.78 is 6.43. The number of ether oxygens (including phenoxy) is 1. The van der Waals surface area contributed by atoms with E-state index in [0.29, 0.717) is 0 Å². The Balaban J connectivity index is 2.97. The van der Waals surface area contributed by atoms with E-state index in [0.717, 1.165) is 16.6 Å². The van der Waals surface area contributed by atoms with Gasteiger partial charge in [-0.1, -0.05) is 15.9 Å². The minimum absolute atomic E-state index is 0.0775. The second-order valence-electron chi connectivity index (χ2n) is 4.27. The van der Waals surface area contributed by atoms with Crippen LogP contribution in [0.4, 0.5) is 0 Å². The van der Waals surface area contributed by atoms with Crippen molar-refractivity contribution in [1.82, 2.24) is 5.32 Å². The van der Waals surface area contributed by atoms with E-state index >= 15 is 0 Å². The second-order valence-corrected chi connectivity index (χ2v) is 5.18. The van der Waals surface area contributed by atoms with Crippen LogP contribution in [0.1, 0.15) is 19.4 Å². The van der Waals surface area contributed by atoms with E-state index in [9.17, 15) is 0 Å². The van der Waals surface area contributed by atoms with Crippen molar-refractivity contribution in [2.75, 3.05) is 14.2 Å². The molecule has 1 N–H and O–H groups in total. The zero-order chi connectivity index (χ0) is 11.5.